The molecule has 0 aromatic rings. The van der Waals surface area contributed by atoms with Crippen molar-refractivity contribution in [3.05, 3.63) is 0 Å². The third-order valence-electron chi connectivity index (χ3n) is 6.32. The van der Waals surface area contributed by atoms with Crippen molar-refractivity contribution < 1.29 is 0 Å². The average Bonchev–Trinajstić information content (AvgIpc) is 2.94. The zero-order valence-electron chi connectivity index (χ0n) is 14.0. The number of likely N-dealkylation sites (tertiary alicyclic amines) is 2. The first-order valence-corrected chi connectivity index (χ1v) is 8.81. The van der Waals surface area contributed by atoms with Crippen LogP contribution in [0.2, 0.25) is 0 Å². The molecular weight excluding hydrogens is 246 g/mol. The Morgan fingerprint density at radius 2 is 1.60 bits per heavy atom. The van der Waals surface area contributed by atoms with Crippen molar-refractivity contribution in [1.82, 2.24) is 9.80 Å². The van der Waals surface area contributed by atoms with Crippen molar-refractivity contribution in [3.63, 3.8) is 0 Å². The maximum atomic E-state index is 6.25. The van der Waals surface area contributed by atoms with Crippen LogP contribution in [0.4, 0.5) is 0 Å². The molecule has 2 N–H and O–H groups in total. The molecule has 118 valence electrons. The lowest BCUT2D eigenvalue weighted by Gasteiger charge is -2.47. The van der Waals surface area contributed by atoms with Gasteiger partial charge in [0.15, 0.2) is 0 Å². The van der Waals surface area contributed by atoms with Crippen LogP contribution in [-0.4, -0.2) is 54.6 Å². The minimum atomic E-state index is 0.302. The lowest BCUT2D eigenvalue weighted by atomic mass is 9.81. The van der Waals surface area contributed by atoms with Gasteiger partial charge in [-0.1, -0.05) is 20.8 Å². The molecule has 0 bridgehead atoms. The molecule has 2 aliphatic heterocycles. The molecule has 2 saturated heterocycles. The van der Waals surface area contributed by atoms with Crippen LogP contribution in [0.3, 0.4) is 0 Å². The Bertz CT molecular complexity index is 291. The SMILES string of the molecule is CCCN1CCC(CN)(N2CCC(CC)(CC)C2)CC1. The van der Waals surface area contributed by atoms with Gasteiger partial charge in [-0.3, -0.25) is 4.90 Å². The Kier molecular flexibility index (Phi) is 5.49. The van der Waals surface area contributed by atoms with Gasteiger partial charge in [0, 0.05) is 18.6 Å². The quantitative estimate of drug-likeness (QED) is 0.812. The van der Waals surface area contributed by atoms with Crippen molar-refractivity contribution >= 4 is 0 Å². The second-order valence-electron chi connectivity index (χ2n) is 7.15. The van der Waals surface area contributed by atoms with Crippen LogP contribution in [0.15, 0.2) is 0 Å². The number of rotatable bonds is 6. The zero-order valence-corrected chi connectivity index (χ0v) is 14.0. The predicted octanol–water partition coefficient (Wildman–Crippen LogP) is 2.70. The summed E-state index contributed by atoms with van der Waals surface area (Å²) < 4.78 is 0. The van der Waals surface area contributed by atoms with Crippen LogP contribution >= 0.6 is 0 Å². The van der Waals surface area contributed by atoms with Crippen molar-refractivity contribution in [2.45, 2.75) is 64.8 Å². The first kappa shape index (κ1) is 16.3. The molecule has 0 atom stereocenters. The molecule has 0 spiro atoms. The lowest BCUT2D eigenvalue weighted by molar-refractivity contribution is 0.0342. The van der Waals surface area contributed by atoms with E-state index in [-0.39, 0.29) is 0 Å². The number of hydrogen-bond acceptors (Lipinski definition) is 3. The van der Waals surface area contributed by atoms with Crippen LogP contribution in [0, 0.1) is 5.41 Å². The second kappa shape index (κ2) is 6.76. The third kappa shape index (κ3) is 3.05. The van der Waals surface area contributed by atoms with E-state index in [0.717, 1.165) is 6.54 Å². The van der Waals surface area contributed by atoms with E-state index in [1.807, 2.05) is 0 Å². The van der Waals surface area contributed by atoms with Gasteiger partial charge in [0.1, 0.15) is 0 Å². The van der Waals surface area contributed by atoms with Crippen LogP contribution < -0.4 is 5.73 Å². The zero-order chi connectivity index (χ0) is 14.6. The van der Waals surface area contributed by atoms with Gasteiger partial charge in [-0.15, -0.1) is 0 Å². The van der Waals surface area contributed by atoms with Gasteiger partial charge in [0.05, 0.1) is 0 Å². The Morgan fingerprint density at radius 3 is 2.05 bits per heavy atom. The number of hydrogen-bond donors (Lipinski definition) is 1. The summed E-state index contributed by atoms with van der Waals surface area (Å²) in [7, 11) is 0. The van der Waals surface area contributed by atoms with Crippen molar-refractivity contribution in [2.75, 3.05) is 39.3 Å². The molecule has 0 aliphatic carbocycles. The summed E-state index contributed by atoms with van der Waals surface area (Å²) in [6.45, 7) is 14.2. The van der Waals surface area contributed by atoms with Gasteiger partial charge in [-0.25, -0.2) is 0 Å². The molecule has 0 aromatic heterocycles. The molecule has 20 heavy (non-hydrogen) atoms. The molecule has 2 rings (SSSR count). The molecule has 3 heteroatoms. The summed E-state index contributed by atoms with van der Waals surface area (Å²) in [4.78, 5) is 5.39. The van der Waals surface area contributed by atoms with Gasteiger partial charge in [-0.2, -0.15) is 0 Å². The van der Waals surface area contributed by atoms with Gasteiger partial charge in [0.25, 0.3) is 0 Å². The van der Waals surface area contributed by atoms with Crippen molar-refractivity contribution in [1.29, 1.82) is 0 Å². The molecule has 0 amide bonds. The third-order valence-corrected chi connectivity index (χ3v) is 6.32. The molecule has 0 saturated carbocycles. The number of nitrogens with zero attached hydrogens (tertiary/aromatic N) is 2. The standard InChI is InChI=1S/C17H35N3/c1-4-10-19-11-8-17(14-18,9-12-19)20-13-7-16(5-2,6-3)15-20/h4-15,18H2,1-3H3. The minimum Gasteiger partial charge on any atom is -0.329 e. The van der Waals surface area contributed by atoms with E-state index in [4.69, 9.17) is 5.73 Å². The molecular formula is C17H35N3. The lowest BCUT2D eigenvalue weighted by Crippen LogP contribution is -2.59. The molecule has 2 fully saturated rings. The topological polar surface area (TPSA) is 32.5 Å². The van der Waals surface area contributed by atoms with Gasteiger partial charge in [0.2, 0.25) is 0 Å². The summed E-state index contributed by atoms with van der Waals surface area (Å²) in [5.74, 6) is 0. The van der Waals surface area contributed by atoms with E-state index in [2.05, 4.69) is 30.6 Å². The highest BCUT2D eigenvalue weighted by atomic mass is 15.3. The highest BCUT2D eigenvalue weighted by Crippen LogP contribution is 2.42. The van der Waals surface area contributed by atoms with Gasteiger partial charge in [-0.05, 0) is 70.1 Å². The first-order chi connectivity index (χ1) is 9.63. The van der Waals surface area contributed by atoms with E-state index in [9.17, 15) is 0 Å². The Balaban J connectivity index is 1.99. The van der Waals surface area contributed by atoms with Crippen LogP contribution in [0.5, 0.6) is 0 Å². The minimum absolute atomic E-state index is 0.302. The fourth-order valence-electron chi connectivity index (χ4n) is 4.33. The molecule has 3 nitrogen and oxygen atoms in total. The molecule has 2 aliphatic rings. The van der Waals surface area contributed by atoms with Gasteiger partial charge >= 0.3 is 0 Å². The van der Waals surface area contributed by atoms with Crippen molar-refractivity contribution in [2.24, 2.45) is 11.1 Å². The average molecular weight is 281 g/mol. The summed E-state index contributed by atoms with van der Waals surface area (Å²) in [5.41, 5.74) is 7.12. The van der Waals surface area contributed by atoms with E-state index < -0.39 is 0 Å². The molecule has 0 radical (unpaired) electrons. The van der Waals surface area contributed by atoms with Crippen molar-refractivity contribution in [3.8, 4) is 0 Å². The fourth-order valence-corrected chi connectivity index (χ4v) is 4.33. The van der Waals surface area contributed by atoms with Crippen LogP contribution in [0.25, 0.3) is 0 Å². The normalized spacial score (nSPS) is 27.0. The fraction of sp³-hybridized carbons (Fsp3) is 1.00. The number of piperidine rings is 1. The Morgan fingerprint density at radius 1 is 0.950 bits per heavy atom. The summed E-state index contributed by atoms with van der Waals surface area (Å²) in [6.07, 6.45) is 7.83. The number of nitrogens with two attached hydrogens (primary N) is 1. The highest BCUT2D eigenvalue weighted by molar-refractivity contribution is 5.01. The smallest absolute Gasteiger partial charge is 0.0356 e. The Hall–Kier alpha value is -0.120. The second-order valence-corrected chi connectivity index (χ2v) is 7.15. The molecule has 0 aromatic carbocycles. The summed E-state index contributed by atoms with van der Waals surface area (Å²) >= 11 is 0. The van der Waals surface area contributed by atoms with E-state index >= 15 is 0 Å². The predicted molar refractivity (Wildman–Crippen MR) is 87.0 cm³/mol. The summed E-state index contributed by atoms with van der Waals surface area (Å²) in [6, 6.07) is 0. The molecule has 2 heterocycles. The van der Waals surface area contributed by atoms with E-state index in [0.29, 0.717) is 11.0 Å². The largest absolute Gasteiger partial charge is 0.329 e. The Labute approximate surface area is 125 Å². The van der Waals surface area contributed by atoms with Crippen LogP contribution in [-0.2, 0) is 0 Å². The van der Waals surface area contributed by atoms with Gasteiger partial charge < -0.3 is 10.6 Å². The van der Waals surface area contributed by atoms with E-state index in [1.54, 1.807) is 0 Å². The monoisotopic (exact) mass is 281 g/mol. The first-order valence-electron chi connectivity index (χ1n) is 8.81. The maximum Gasteiger partial charge on any atom is 0.0356 e. The van der Waals surface area contributed by atoms with E-state index in [1.165, 1.54) is 71.2 Å². The maximum absolute atomic E-state index is 6.25. The van der Waals surface area contributed by atoms with Crippen LogP contribution in [0.1, 0.15) is 59.3 Å². The molecule has 0 unspecified atom stereocenters. The summed E-state index contributed by atoms with van der Waals surface area (Å²) in [5, 5.41) is 0. The highest BCUT2D eigenvalue weighted by Gasteiger charge is 2.45.